The fraction of sp³-hybridized carbons (Fsp3) is 0.517. The Morgan fingerprint density at radius 1 is 0.644 bits per heavy atom. The van der Waals surface area contributed by atoms with Gasteiger partial charge in [0.1, 0.15) is 17.2 Å². The highest BCUT2D eigenvalue weighted by atomic mass is 19.4. The van der Waals surface area contributed by atoms with Crippen molar-refractivity contribution in [1.29, 1.82) is 0 Å². The highest BCUT2D eigenvalue weighted by molar-refractivity contribution is 5.96. The van der Waals surface area contributed by atoms with Gasteiger partial charge in [-0.2, -0.15) is 13.2 Å². The average molecular weight is 1220 g/mol. The van der Waals surface area contributed by atoms with Crippen molar-refractivity contribution in [3.8, 4) is 28.5 Å². The van der Waals surface area contributed by atoms with Crippen LogP contribution < -0.4 is 35.1 Å². The van der Waals surface area contributed by atoms with E-state index in [-0.39, 0.29) is 141 Å². The summed E-state index contributed by atoms with van der Waals surface area (Å²) in [5.41, 5.74) is 1.99. The molecule has 7 N–H and O–H groups in total. The molecule has 2 amide bonds. The van der Waals surface area contributed by atoms with Gasteiger partial charge in [-0.1, -0.05) is 19.1 Å². The van der Waals surface area contributed by atoms with Gasteiger partial charge in [0.2, 0.25) is 5.91 Å². The maximum Gasteiger partial charge on any atom is 0.417 e. The smallest absolute Gasteiger partial charge is 0.417 e. The number of benzene rings is 3. The van der Waals surface area contributed by atoms with E-state index in [9.17, 15) is 62.4 Å². The van der Waals surface area contributed by atoms with Gasteiger partial charge >= 0.3 is 30.1 Å². The number of carboxylic acid groups (broad SMARTS) is 4. The molecule has 0 spiro atoms. The van der Waals surface area contributed by atoms with E-state index in [4.69, 9.17) is 23.9 Å². The zero-order chi connectivity index (χ0) is 62.9. The van der Waals surface area contributed by atoms with E-state index in [1.807, 2.05) is 55.1 Å². The summed E-state index contributed by atoms with van der Waals surface area (Å²) < 4.78 is 65.9. The van der Waals surface area contributed by atoms with Crippen LogP contribution in [0.15, 0.2) is 72.8 Å². The zero-order valence-electron chi connectivity index (χ0n) is 49.5. The number of para-hydroxylation sites is 1. The molecule has 2 aliphatic heterocycles. The lowest BCUT2D eigenvalue weighted by Gasteiger charge is -2.43. The van der Waals surface area contributed by atoms with Gasteiger partial charge in [0.05, 0.1) is 93.0 Å². The molecule has 476 valence electrons. The molecule has 2 fully saturated rings. The van der Waals surface area contributed by atoms with Crippen LogP contribution in [0.25, 0.3) is 11.3 Å². The molecule has 4 aromatic rings. The summed E-state index contributed by atoms with van der Waals surface area (Å²) in [6, 6.07) is 19.2. The molecular formula is C60H81F3N10O14. The number of anilines is 2. The second-order valence-electron chi connectivity index (χ2n) is 20.8. The number of nitrogens with one attached hydrogen (secondary N) is 3. The van der Waals surface area contributed by atoms with Crippen molar-refractivity contribution in [2.45, 2.75) is 52.4 Å². The summed E-state index contributed by atoms with van der Waals surface area (Å²) in [7, 11) is 0. The predicted octanol–water partition coefficient (Wildman–Crippen LogP) is 4.58. The number of hydrogen-bond acceptors (Lipinski definition) is 18. The van der Waals surface area contributed by atoms with E-state index in [1.165, 1.54) is 29.2 Å². The number of nitrogens with zero attached hydrogens (tertiary/aromatic N) is 7. The lowest BCUT2D eigenvalue weighted by Crippen LogP contribution is -2.55. The standard InChI is InChI=1S/C60H81F3N10O14/c1-4-44-37-72(58(81)47-13-12-45(85-5-2)35-49(47)60(61,62)63)27-28-73(44)52-15-14-50(48-10-7-8-11-53(48)86-6-3)67-51(52)36-64-16-9-29-87-46-33-42(59(82)83)32-43(34-46)65-17-30-84-31-18-66-54(74)38-68-19-21-69(39-55(75)76)23-25-71(41-57(79)80)26-24-70(22-20-68)40-56(77)78/h7-8,10-15,32-35,44,64-65H,4-6,9,16-31,36-41H2,1-3H3,(H,66,74)(H,75,76)(H,77,78)(H,79,80)(H,82,83). The second kappa shape index (κ2) is 34.5. The Balaban J connectivity index is 0.996. The number of piperazine rings is 1. The topological polar surface area (TPSA) is 289 Å². The van der Waals surface area contributed by atoms with Crippen LogP contribution in [0.1, 0.15) is 65.6 Å². The number of ether oxygens (including phenoxy) is 4. The van der Waals surface area contributed by atoms with Crippen molar-refractivity contribution in [3.05, 3.63) is 95.2 Å². The summed E-state index contributed by atoms with van der Waals surface area (Å²) in [6.07, 6.45) is -3.67. The van der Waals surface area contributed by atoms with Crippen LogP contribution >= 0.6 is 0 Å². The largest absolute Gasteiger partial charge is 0.494 e. The van der Waals surface area contributed by atoms with Gasteiger partial charge in [-0.05, 0) is 87.8 Å². The maximum atomic E-state index is 14.3. The Morgan fingerprint density at radius 2 is 1.26 bits per heavy atom. The minimum absolute atomic E-state index is 0.00259. The monoisotopic (exact) mass is 1220 g/mol. The molecule has 1 atom stereocenters. The number of aromatic carboxylic acids is 1. The van der Waals surface area contributed by atoms with Crippen LogP contribution in [0.4, 0.5) is 24.5 Å². The van der Waals surface area contributed by atoms with Crippen LogP contribution in [0.5, 0.6) is 17.2 Å². The Hall–Kier alpha value is -7.82. The van der Waals surface area contributed by atoms with E-state index >= 15 is 0 Å². The SMILES string of the molecule is CCOc1ccc(C(=O)N2CCN(c3ccc(-c4ccccc4OCC)nc3CNCCCOc3cc(NCCOCCNC(=O)CN4CCN(CC(=O)O)CCN(CC(=O)O)CCN(CC(=O)O)CC4)cc(C(=O)O)c3)C(CC)C2)c(C(F)(F)F)c1. The molecule has 0 saturated carbocycles. The Labute approximate surface area is 504 Å². The van der Waals surface area contributed by atoms with Gasteiger partial charge in [-0.25, -0.2) is 9.78 Å². The number of alkyl halides is 3. The minimum Gasteiger partial charge on any atom is -0.494 e. The second-order valence-corrected chi connectivity index (χ2v) is 20.8. The average Bonchev–Trinajstić information content (AvgIpc) is 2.17. The Bertz CT molecular complexity index is 2890. The van der Waals surface area contributed by atoms with Crippen molar-refractivity contribution in [1.82, 2.24) is 40.1 Å². The van der Waals surface area contributed by atoms with Gasteiger partial charge in [0.25, 0.3) is 5.91 Å². The molecule has 3 heterocycles. The molecule has 2 saturated heterocycles. The van der Waals surface area contributed by atoms with Crippen LogP contribution in [-0.2, 0) is 36.6 Å². The van der Waals surface area contributed by atoms with Gasteiger partial charge < -0.3 is 65.1 Å². The lowest BCUT2D eigenvalue weighted by molar-refractivity contribution is -0.140. The first kappa shape index (κ1) is 68.3. The molecular weight excluding hydrogens is 1140 g/mol. The van der Waals surface area contributed by atoms with Crippen LogP contribution in [0.2, 0.25) is 0 Å². The molecule has 0 radical (unpaired) electrons. The van der Waals surface area contributed by atoms with E-state index in [1.54, 1.807) is 27.7 Å². The number of hydrogen-bond donors (Lipinski definition) is 7. The number of aliphatic carboxylic acids is 3. The fourth-order valence-corrected chi connectivity index (χ4v) is 10.3. The molecule has 1 aromatic heterocycles. The normalized spacial score (nSPS) is 16.1. The maximum absolute atomic E-state index is 14.3. The van der Waals surface area contributed by atoms with E-state index in [2.05, 4.69) is 20.9 Å². The lowest BCUT2D eigenvalue weighted by atomic mass is 10.0. The quantitative estimate of drug-likeness (QED) is 0.0339. The van der Waals surface area contributed by atoms with E-state index in [0.29, 0.717) is 80.7 Å². The van der Waals surface area contributed by atoms with Gasteiger partial charge in [-0.3, -0.25) is 43.6 Å². The number of halogens is 3. The van der Waals surface area contributed by atoms with E-state index in [0.717, 1.165) is 17.3 Å². The number of aromatic nitrogens is 1. The summed E-state index contributed by atoms with van der Waals surface area (Å²) in [5, 5.41) is 47.8. The van der Waals surface area contributed by atoms with Crippen LogP contribution in [0.3, 0.4) is 0 Å². The molecule has 3 aromatic carbocycles. The Kier molecular flexibility index (Phi) is 27.1. The molecule has 87 heavy (non-hydrogen) atoms. The first-order valence-corrected chi connectivity index (χ1v) is 29.2. The third-order valence-corrected chi connectivity index (χ3v) is 14.5. The number of carbonyl (C=O) groups is 6. The summed E-state index contributed by atoms with van der Waals surface area (Å²) >= 11 is 0. The molecule has 27 heteroatoms. The molecule has 1 unspecified atom stereocenters. The molecule has 24 nitrogen and oxygen atoms in total. The molecule has 6 rings (SSSR count). The molecule has 0 aliphatic carbocycles. The third-order valence-electron chi connectivity index (χ3n) is 14.5. The summed E-state index contributed by atoms with van der Waals surface area (Å²) in [6.45, 7) is 9.95. The van der Waals surface area contributed by atoms with Gasteiger partial charge in [0.15, 0.2) is 0 Å². The first-order valence-electron chi connectivity index (χ1n) is 29.2. The van der Waals surface area contributed by atoms with Crippen molar-refractivity contribution in [2.75, 3.05) is 161 Å². The van der Waals surface area contributed by atoms with Gasteiger partial charge in [0, 0.05) is 115 Å². The number of carboxylic acids is 4. The van der Waals surface area contributed by atoms with Gasteiger partial charge in [-0.15, -0.1) is 0 Å². The van der Waals surface area contributed by atoms with Crippen LogP contribution in [0, 0.1) is 0 Å². The number of carbonyl (C=O) groups excluding carboxylic acids is 2. The van der Waals surface area contributed by atoms with Crippen molar-refractivity contribution in [3.63, 3.8) is 0 Å². The van der Waals surface area contributed by atoms with Crippen LogP contribution in [-0.4, -0.2) is 242 Å². The zero-order valence-corrected chi connectivity index (χ0v) is 49.5. The number of amides is 2. The fourth-order valence-electron chi connectivity index (χ4n) is 10.3. The number of pyridine rings is 1. The highest BCUT2D eigenvalue weighted by Crippen LogP contribution is 2.37. The predicted molar refractivity (Wildman–Crippen MR) is 317 cm³/mol. The van der Waals surface area contributed by atoms with Crippen molar-refractivity contribution >= 4 is 47.1 Å². The highest BCUT2D eigenvalue weighted by Gasteiger charge is 2.39. The van der Waals surface area contributed by atoms with Crippen molar-refractivity contribution in [2.24, 2.45) is 0 Å². The summed E-state index contributed by atoms with van der Waals surface area (Å²) in [4.78, 5) is 89.5. The first-order chi connectivity index (χ1) is 41.7. The van der Waals surface area contributed by atoms with Crippen molar-refractivity contribution < 1.29 is 81.3 Å². The van der Waals surface area contributed by atoms with E-state index < -0.39 is 47.1 Å². The molecule has 0 bridgehead atoms. The summed E-state index contributed by atoms with van der Waals surface area (Å²) in [5.74, 6) is -4.31. The molecule has 2 aliphatic rings. The minimum atomic E-state index is -4.77. The third kappa shape index (κ3) is 22.1. The Morgan fingerprint density at radius 3 is 1.86 bits per heavy atom. The number of rotatable bonds is 31.